The third kappa shape index (κ3) is 5.74. The van der Waals surface area contributed by atoms with Crippen molar-refractivity contribution < 1.29 is 9.47 Å². The van der Waals surface area contributed by atoms with E-state index in [9.17, 15) is 0 Å². The van der Waals surface area contributed by atoms with Gasteiger partial charge in [0, 0.05) is 25.7 Å². The van der Waals surface area contributed by atoms with Crippen LogP contribution in [0.2, 0.25) is 0 Å². The number of anilines is 2. The summed E-state index contributed by atoms with van der Waals surface area (Å²) in [5, 5.41) is 12.3. The van der Waals surface area contributed by atoms with Crippen molar-refractivity contribution >= 4 is 11.8 Å². The lowest BCUT2D eigenvalue weighted by Crippen LogP contribution is -2.39. The van der Waals surface area contributed by atoms with E-state index in [-0.39, 0.29) is 11.9 Å². The molecule has 8 heteroatoms. The van der Waals surface area contributed by atoms with Crippen LogP contribution >= 0.6 is 0 Å². The fourth-order valence-electron chi connectivity index (χ4n) is 3.42. The maximum atomic E-state index is 8.93. The first-order valence-electron chi connectivity index (χ1n) is 10.3. The molecule has 30 heavy (non-hydrogen) atoms. The van der Waals surface area contributed by atoms with E-state index in [1.54, 1.807) is 7.11 Å². The van der Waals surface area contributed by atoms with Gasteiger partial charge in [-0.1, -0.05) is 19.9 Å². The molecule has 0 amide bonds. The van der Waals surface area contributed by atoms with Gasteiger partial charge in [-0.2, -0.15) is 10.2 Å². The van der Waals surface area contributed by atoms with Gasteiger partial charge < -0.3 is 20.5 Å². The number of nitrogens with one attached hydrogen (secondary N) is 1. The van der Waals surface area contributed by atoms with E-state index in [4.69, 9.17) is 20.5 Å². The van der Waals surface area contributed by atoms with Gasteiger partial charge in [-0.3, -0.25) is 4.90 Å². The van der Waals surface area contributed by atoms with Gasteiger partial charge in [0.2, 0.25) is 5.95 Å². The largest absolute Gasteiger partial charge is 0.493 e. The van der Waals surface area contributed by atoms with Crippen molar-refractivity contribution in [3.05, 3.63) is 35.5 Å². The molecule has 2 aromatic rings. The molecular weight excluding hydrogens is 380 g/mol. The van der Waals surface area contributed by atoms with Gasteiger partial charge in [-0.05, 0) is 36.5 Å². The molecule has 3 rings (SSSR count). The standard InChI is InChI=1S/C22H30N6O2/c1-15(2)14-30-20-10-16(4-5-19(20)29-3)13-28-8-6-18(7-9-28)26-22-25-12-17(11-23)21(24)27-22/h4-5,10,12,15,18H,6-9,13-14H2,1-3H3,(H3,24,25,26,27). The topological polar surface area (TPSA) is 109 Å². The molecule has 0 atom stereocenters. The molecular formula is C22H30N6O2. The molecule has 1 aromatic carbocycles. The zero-order valence-corrected chi connectivity index (χ0v) is 17.9. The molecule has 0 radical (unpaired) electrons. The first-order valence-corrected chi connectivity index (χ1v) is 10.3. The minimum absolute atomic E-state index is 0.211. The molecule has 3 N–H and O–H groups in total. The van der Waals surface area contributed by atoms with Gasteiger partial charge in [0.15, 0.2) is 11.5 Å². The maximum Gasteiger partial charge on any atom is 0.224 e. The van der Waals surface area contributed by atoms with Crippen LogP contribution in [-0.2, 0) is 6.54 Å². The summed E-state index contributed by atoms with van der Waals surface area (Å²) in [6.07, 6.45) is 3.43. The predicted molar refractivity (Wildman–Crippen MR) is 116 cm³/mol. The number of nitriles is 1. The molecule has 1 fully saturated rings. The quantitative estimate of drug-likeness (QED) is 0.683. The van der Waals surface area contributed by atoms with E-state index < -0.39 is 0 Å². The number of hydrogen-bond acceptors (Lipinski definition) is 8. The second-order valence-corrected chi connectivity index (χ2v) is 7.99. The summed E-state index contributed by atoms with van der Waals surface area (Å²) in [7, 11) is 1.67. The molecule has 1 aromatic heterocycles. The van der Waals surface area contributed by atoms with Crippen LogP contribution in [-0.4, -0.2) is 47.7 Å². The van der Waals surface area contributed by atoms with E-state index in [0.717, 1.165) is 44.0 Å². The Hall–Kier alpha value is -3.05. The highest BCUT2D eigenvalue weighted by atomic mass is 16.5. The Morgan fingerprint density at radius 2 is 2.07 bits per heavy atom. The van der Waals surface area contributed by atoms with Crippen molar-refractivity contribution in [3.63, 3.8) is 0 Å². The van der Waals surface area contributed by atoms with Gasteiger partial charge in [0.25, 0.3) is 0 Å². The Bertz CT molecular complexity index is 888. The zero-order chi connectivity index (χ0) is 21.5. The summed E-state index contributed by atoms with van der Waals surface area (Å²) in [6, 6.07) is 8.42. The number of nitrogens with two attached hydrogens (primary N) is 1. The third-order valence-corrected chi connectivity index (χ3v) is 5.07. The van der Waals surface area contributed by atoms with Gasteiger partial charge >= 0.3 is 0 Å². The lowest BCUT2D eigenvalue weighted by molar-refractivity contribution is 0.210. The molecule has 160 valence electrons. The highest BCUT2D eigenvalue weighted by molar-refractivity contribution is 5.50. The molecule has 0 bridgehead atoms. The Morgan fingerprint density at radius 1 is 1.30 bits per heavy atom. The highest BCUT2D eigenvalue weighted by Gasteiger charge is 2.20. The molecule has 0 unspecified atom stereocenters. The minimum Gasteiger partial charge on any atom is -0.493 e. The second-order valence-electron chi connectivity index (χ2n) is 7.99. The van der Waals surface area contributed by atoms with Gasteiger partial charge in [-0.15, -0.1) is 0 Å². The van der Waals surface area contributed by atoms with E-state index in [1.165, 1.54) is 11.8 Å². The van der Waals surface area contributed by atoms with Crippen LogP contribution in [0.15, 0.2) is 24.4 Å². The monoisotopic (exact) mass is 410 g/mol. The number of nitrogens with zero attached hydrogens (tertiary/aromatic N) is 4. The first kappa shape index (κ1) is 21.7. The lowest BCUT2D eigenvalue weighted by Gasteiger charge is -2.32. The molecule has 8 nitrogen and oxygen atoms in total. The molecule has 0 aliphatic carbocycles. The smallest absolute Gasteiger partial charge is 0.224 e. The average Bonchev–Trinajstić information content (AvgIpc) is 2.74. The van der Waals surface area contributed by atoms with Crippen LogP contribution in [0.4, 0.5) is 11.8 Å². The van der Waals surface area contributed by atoms with Crippen LogP contribution < -0.4 is 20.5 Å². The highest BCUT2D eigenvalue weighted by Crippen LogP contribution is 2.29. The van der Waals surface area contributed by atoms with Crippen molar-refractivity contribution in [2.75, 3.05) is 37.9 Å². The summed E-state index contributed by atoms with van der Waals surface area (Å²) >= 11 is 0. The summed E-state index contributed by atoms with van der Waals surface area (Å²) < 4.78 is 11.4. The Morgan fingerprint density at radius 3 is 2.70 bits per heavy atom. The zero-order valence-electron chi connectivity index (χ0n) is 17.9. The summed E-state index contributed by atoms with van der Waals surface area (Å²) in [4.78, 5) is 10.8. The van der Waals surface area contributed by atoms with Crippen LogP contribution in [0.5, 0.6) is 11.5 Å². The van der Waals surface area contributed by atoms with Crippen molar-refractivity contribution in [2.24, 2.45) is 5.92 Å². The maximum absolute atomic E-state index is 8.93. The van der Waals surface area contributed by atoms with Crippen LogP contribution in [0.25, 0.3) is 0 Å². The molecule has 1 aliphatic rings. The van der Waals surface area contributed by atoms with Crippen molar-refractivity contribution in [3.8, 4) is 17.6 Å². The fourth-order valence-corrected chi connectivity index (χ4v) is 3.42. The number of nitrogen functional groups attached to an aromatic ring is 1. The summed E-state index contributed by atoms with van der Waals surface area (Å²) in [5.41, 5.74) is 7.28. The van der Waals surface area contributed by atoms with E-state index >= 15 is 0 Å². The van der Waals surface area contributed by atoms with Crippen molar-refractivity contribution in [2.45, 2.75) is 39.3 Å². The number of likely N-dealkylation sites (tertiary alicyclic amines) is 1. The molecule has 0 spiro atoms. The Labute approximate surface area is 178 Å². The number of aromatic nitrogens is 2. The summed E-state index contributed by atoms with van der Waals surface area (Å²) in [6.45, 7) is 7.74. The number of hydrogen-bond donors (Lipinski definition) is 2. The van der Waals surface area contributed by atoms with Gasteiger partial charge in [-0.25, -0.2) is 4.98 Å². The normalized spacial score (nSPS) is 15.0. The fraction of sp³-hybridized carbons (Fsp3) is 0.500. The number of piperidine rings is 1. The molecule has 1 aliphatic heterocycles. The van der Waals surface area contributed by atoms with Crippen LogP contribution in [0, 0.1) is 17.2 Å². The summed E-state index contributed by atoms with van der Waals surface area (Å²) in [5.74, 6) is 2.72. The van der Waals surface area contributed by atoms with Gasteiger partial charge in [0.1, 0.15) is 17.5 Å². The molecule has 2 heterocycles. The average molecular weight is 411 g/mol. The molecule has 1 saturated heterocycles. The SMILES string of the molecule is COc1ccc(CN2CCC(Nc3ncc(C#N)c(N)n3)CC2)cc1OCC(C)C. The second kappa shape index (κ2) is 10.1. The number of benzene rings is 1. The number of ether oxygens (including phenoxy) is 2. The Kier molecular flexibility index (Phi) is 7.31. The first-order chi connectivity index (χ1) is 14.5. The molecule has 0 saturated carbocycles. The van der Waals surface area contributed by atoms with E-state index in [0.29, 0.717) is 24.0 Å². The van der Waals surface area contributed by atoms with E-state index in [2.05, 4.69) is 46.2 Å². The van der Waals surface area contributed by atoms with Crippen molar-refractivity contribution in [1.82, 2.24) is 14.9 Å². The third-order valence-electron chi connectivity index (χ3n) is 5.07. The minimum atomic E-state index is 0.211. The predicted octanol–water partition coefficient (Wildman–Crippen LogP) is 3.05. The van der Waals surface area contributed by atoms with Crippen molar-refractivity contribution in [1.29, 1.82) is 5.26 Å². The number of methoxy groups -OCH3 is 1. The van der Waals surface area contributed by atoms with Crippen LogP contribution in [0.3, 0.4) is 0 Å². The number of rotatable bonds is 8. The lowest BCUT2D eigenvalue weighted by atomic mass is 10.0. The Balaban J connectivity index is 1.53. The van der Waals surface area contributed by atoms with Gasteiger partial charge in [0.05, 0.1) is 19.9 Å². The van der Waals surface area contributed by atoms with E-state index in [1.807, 2.05) is 12.1 Å². The van der Waals surface area contributed by atoms with Crippen LogP contribution in [0.1, 0.15) is 37.8 Å².